The van der Waals surface area contributed by atoms with Gasteiger partial charge >= 0.3 is 5.69 Å². The van der Waals surface area contributed by atoms with Crippen LogP contribution in [0.3, 0.4) is 0 Å². The van der Waals surface area contributed by atoms with Gasteiger partial charge in [-0.25, -0.2) is 4.79 Å². The third kappa shape index (κ3) is 2.96. The van der Waals surface area contributed by atoms with Gasteiger partial charge in [-0.1, -0.05) is 37.3 Å². The van der Waals surface area contributed by atoms with Crippen molar-refractivity contribution in [2.24, 2.45) is 0 Å². The highest BCUT2D eigenvalue weighted by Gasteiger charge is 2.24. The van der Waals surface area contributed by atoms with Crippen LogP contribution < -0.4 is 11.2 Å². The number of hydrogen-bond donors (Lipinski definition) is 1. The van der Waals surface area contributed by atoms with Gasteiger partial charge in [0.15, 0.2) is 0 Å². The monoisotopic (exact) mass is 355 g/mol. The molecule has 0 spiro atoms. The molecule has 0 bridgehead atoms. The molecule has 4 rings (SSSR count). The molecule has 5 nitrogen and oxygen atoms in total. The standard InChI is InChI=1S/C19H21N3O2S/c1-2-9-22-18(23)16-14-8-10-21(11-13-6-4-3-5-7-13)12-15(14)25-17(16)20-19(22)24/h3-7H,2,8-12H2,1H3,(H,20,24). The van der Waals surface area contributed by atoms with Crippen molar-refractivity contribution in [2.75, 3.05) is 6.54 Å². The summed E-state index contributed by atoms with van der Waals surface area (Å²) >= 11 is 1.56. The van der Waals surface area contributed by atoms with Crippen molar-refractivity contribution in [1.29, 1.82) is 0 Å². The Morgan fingerprint density at radius 3 is 2.76 bits per heavy atom. The number of benzene rings is 1. The Hall–Kier alpha value is -2.18. The fraction of sp³-hybridized carbons (Fsp3) is 0.368. The number of thiophene rings is 1. The van der Waals surface area contributed by atoms with Gasteiger partial charge in [0.25, 0.3) is 5.56 Å². The van der Waals surface area contributed by atoms with Gasteiger partial charge in [0.2, 0.25) is 0 Å². The molecule has 25 heavy (non-hydrogen) atoms. The smallest absolute Gasteiger partial charge is 0.298 e. The molecule has 6 heteroatoms. The largest absolute Gasteiger partial charge is 0.329 e. The topological polar surface area (TPSA) is 58.1 Å². The molecule has 0 radical (unpaired) electrons. The van der Waals surface area contributed by atoms with Gasteiger partial charge in [-0.2, -0.15) is 0 Å². The van der Waals surface area contributed by atoms with Gasteiger partial charge in [0.05, 0.1) is 5.39 Å². The zero-order valence-electron chi connectivity index (χ0n) is 14.2. The number of fused-ring (bicyclic) bond motifs is 3. The predicted octanol–water partition coefficient (Wildman–Crippen LogP) is 2.72. The normalized spacial score (nSPS) is 14.8. The highest BCUT2D eigenvalue weighted by molar-refractivity contribution is 7.18. The molecule has 0 saturated heterocycles. The minimum atomic E-state index is -0.293. The van der Waals surface area contributed by atoms with Crippen LogP contribution >= 0.6 is 11.3 Å². The van der Waals surface area contributed by atoms with Crippen LogP contribution in [0.5, 0.6) is 0 Å². The van der Waals surface area contributed by atoms with E-state index < -0.39 is 0 Å². The van der Waals surface area contributed by atoms with E-state index in [4.69, 9.17) is 0 Å². The first-order chi connectivity index (χ1) is 12.2. The number of aromatic amines is 1. The summed E-state index contributed by atoms with van der Waals surface area (Å²) < 4.78 is 1.34. The summed E-state index contributed by atoms with van der Waals surface area (Å²) in [7, 11) is 0. The highest BCUT2D eigenvalue weighted by atomic mass is 32.1. The van der Waals surface area contributed by atoms with Crippen molar-refractivity contribution in [1.82, 2.24) is 14.5 Å². The second-order valence-electron chi connectivity index (χ2n) is 6.54. The van der Waals surface area contributed by atoms with Gasteiger partial charge in [0.1, 0.15) is 4.83 Å². The Labute approximate surface area is 149 Å². The fourth-order valence-electron chi connectivity index (χ4n) is 3.57. The average Bonchev–Trinajstić information content (AvgIpc) is 2.96. The minimum absolute atomic E-state index is 0.130. The van der Waals surface area contributed by atoms with Gasteiger partial charge in [-0.05, 0) is 24.0 Å². The molecule has 0 atom stereocenters. The second-order valence-corrected chi connectivity index (χ2v) is 7.65. The predicted molar refractivity (Wildman–Crippen MR) is 101 cm³/mol. The number of nitrogens with one attached hydrogen (secondary N) is 1. The van der Waals surface area contributed by atoms with Crippen LogP contribution in [0.2, 0.25) is 0 Å². The first-order valence-corrected chi connectivity index (χ1v) is 9.52. The average molecular weight is 355 g/mol. The maximum absolute atomic E-state index is 12.8. The van der Waals surface area contributed by atoms with E-state index in [2.05, 4.69) is 34.1 Å². The van der Waals surface area contributed by atoms with Crippen LogP contribution in [-0.4, -0.2) is 21.0 Å². The van der Waals surface area contributed by atoms with Gasteiger partial charge in [-0.15, -0.1) is 11.3 Å². The molecule has 3 aromatic rings. The van der Waals surface area contributed by atoms with Crippen LogP contribution in [0.4, 0.5) is 0 Å². The fourth-order valence-corrected chi connectivity index (χ4v) is 4.84. The summed E-state index contributed by atoms with van der Waals surface area (Å²) in [5.41, 5.74) is 2.01. The molecular weight excluding hydrogens is 334 g/mol. The second kappa shape index (κ2) is 6.61. The molecule has 130 valence electrons. The lowest BCUT2D eigenvalue weighted by molar-refractivity contribution is 0.249. The van der Waals surface area contributed by atoms with Gasteiger partial charge in [-0.3, -0.25) is 19.2 Å². The van der Waals surface area contributed by atoms with Crippen molar-refractivity contribution in [3.8, 4) is 0 Å². The molecule has 3 heterocycles. The molecule has 1 aliphatic rings. The number of rotatable bonds is 4. The van der Waals surface area contributed by atoms with Crippen molar-refractivity contribution in [3.63, 3.8) is 0 Å². The van der Waals surface area contributed by atoms with Gasteiger partial charge < -0.3 is 0 Å². The summed E-state index contributed by atoms with van der Waals surface area (Å²) in [5.74, 6) is 0. The molecule has 2 aromatic heterocycles. The van der Waals surface area contributed by atoms with Crippen molar-refractivity contribution in [2.45, 2.75) is 39.4 Å². The molecule has 0 fully saturated rings. The lowest BCUT2D eigenvalue weighted by Gasteiger charge is -2.26. The molecule has 1 aromatic carbocycles. The molecule has 1 aliphatic heterocycles. The first kappa shape index (κ1) is 16.3. The SMILES string of the molecule is CCCn1c(=O)[nH]c2sc3c(c2c1=O)CCN(Cc1ccccc1)C3. The molecule has 1 N–H and O–H groups in total. The van der Waals surface area contributed by atoms with Crippen molar-refractivity contribution in [3.05, 3.63) is 67.2 Å². The van der Waals surface area contributed by atoms with E-state index in [1.165, 1.54) is 15.0 Å². The maximum atomic E-state index is 12.8. The summed E-state index contributed by atoms with van der Waals surface area (Å²) in [5, 5.41) is 0.729. The Morgan fingerprint density at radius 1 is 1.20 bits per heavy atom. The van der Waals surface area contributed by atoms with E-state index in [0.29, 0.717) is 6.54 Å². The summed E-state index contributed by atoms with van der Waals surface area (Å²) in [6.45, 7) is 5.11. The Balaban J connectivity index is 1.70. The van der Waals surface area contributed by atoms with E-state index in [-0.39, 0.29) is 11.2 Å². The third-order valence-corrected chi connectivity index (χ3v) is 5.89. The van der Waals surface area contributed by atoms with Crippen molar-refractivity contribution < 1.29 is 0 Å². The number of hydrogen-bond acceptors (Lipinski definition) is 4. The Morgan fingerprint density at radius 2 is 2.00 bits per heavy atom. The Bertz CT molecular complexity index is 1020. The summed E-state index contributed by atoms with van der Waals surface area (Å²) in [4.78, 5) is 32.2. The van der Waals surface area contributed by atoms with E-state index in [0.717, 1.165) is 48.3 Å². The summed E-state index contributed by atoms with van der Waals surface area (Å²) in [6.07, 6.45) is 1.63. The van der Waals surface area contributed by atoms with E-state index in [9.17, 15) is 9.59 Å². The highest BCUT2D eigenvalue weighted by Crippen LogP contribution is 2.32. The number of nitrogens with zero attached hydrogens (tertiary/aromatic N) is 2. The quantitative estimate of drug-likeness (QED) is 0.783. The maximum Gasteiger partial charge on any atom is 0.329 e. The van der Waals surface area contributed by atoms with Crippen LogP contribution in [-0.2, 0) is 26.1 Å². The Kier molecular flexibility index (Phi) is 4.31. The van der Waals surface area contributed by atoms with E-state index >= 15 is 0 Å². The number of H-pyrrole nitrogens is 1. The van der Waals surface area contributed by atoms with Gasteiger partial charge in [0, 0.05) is 31.1 Å². The molecule has 0 saturated carbocycles. The minimum Gasteiger partial charge on any atom is -0.298 e. The van der Waals surface area contributed by atoms with Crippen LogP contribution in [0.15, 0.2) is 39.9 Å². The van der Waals surface area contributed by atoms with Crippen LogP contribution in [0, 0.1) is 0 Å². The van der Waals surface area contributed by atoms with Crippen LogP contribution in [0.1, 0.15) is 29.3 Å². The van der Waals surface area contributed by atoms with Crippen LogP contribution in [0.25, 0.3) is 10.2 Å². The molecule has 0 amide bonds. The zero-order chi connectivity index (χ0) is 17.4. The molecule has 0 aliphatic carbocycles. The number of aromatic nitrogens is 2. The lowest BCUT2D eigenvalue weighted by atomic mass is 10.0. The van der Waals surface area contributed by atoms with E-state index in [1.807, 2.05) is 13.0 Å². The third-order valence-electron chi connectivity index (χ3n) is 4.76. The van der Waals surface area contributed by atoms with Crippen molar-refractivity contribution >= 4 is 21.6 Å². The molecular formula is C19H21N3O2S. The molecule has 0 unspecified atom stereocenters. The lowest BCUT2D eigenvalue weighted by Crippen LogP contribution is -2.35. The zero-order valence-corrected chi connectivity index (χ0v) is 15.1. The van der Waals surface area contributed by atoms with E-state index in [1.54, 1.807) is 11.3 Å². The summed E-state index contributed by atoms with van der Waals surface area (Å²) in [6, 6.07) is 10.4. The first-order valence-electron chi connectivity index (χ1n) is 8.71.